The van der Waals surface area contributed by atoms with Crippen LogP contribution in [0.3, 0.4) is 0 Å². The fraction of sp³-hybridized carbons (Fsp3) is 0.526. The van der Waals surface area contributed by atoms with Crippen molar-refractivity contribution in [3.63, 3.8) is 0 Å². The van der Waals surface area contributed by atoms with Crippen molar-refractivity contribution in [2.75, 3.05) is 6.54 Å². The highest BCUT2D eigenvalue weighted by Crippen LogP contribution is 2.22. The summed E-state index contributed by atoms with van der Waals surface area (Å²) in [5.41, 5.74) is 5.09. The van der Waals surface area contributed by atoms with Gasteiger partial charge in [0.15, 0.2) is 0 Å². The van der Waals surface area contributed by atoms with Crippen LogP contribution in [-0.2, 0) is 0 Å². The Labute approximate surface area is 128 Å². The summed E-state index contributed by atoms with van der Waals surface area (Å²) in [6.45, 7) is 3.25. The largest absolute Gasteiger partial charge is 0.388 e. The molecule has 1 saturated carbocycles. The van der Waals surface area contributed by atoms with Gasteiger partial charge in [-0.15, -0.1) is 0 Å². The molecule has 0 atom stereocenters. The molecule has 1 aromatic rings. The highest BCUT2D eigenvalue weighted by molar-refractivity contribution is 6.09. The third kappa shape index (κ3) is 3.96. The molecular formula is C19H26N2. The molecule has 1 N–H and O–H groups in total. The van der Waals surface area contributed by atoms with Gasteiger partial charge in [-0.2, -0.15) is 0 Å². The van der Waals surface area contributed by atoms with Crippen LogP contribution in [0.25, 0.3) is 0 Å². The van der Waals surface area contributed by atoms with E-state index in [1.165, 1.54) is 61.1 Å². The zero-order chi connectivity index (χ0) is 14.5. The topological polar surface area (TPSA) is 24.4 Å². The monoisotopic (exact) mass is 282 g/mol. The van der Waals surface area contributed by atoms with Gasteiger partial charge in [0.1, 0.15) is 0 Å². The van der Waals surface area contributed by atoms with E-state index in [9.17, 15) is 0 Å². The molecule has 2 fully saturated rings. The number of hydrogen-bond donors (Lipinski definition) is 1. The van der Waals surface area contributed by atoms with E-state index in [-0.39, 0.29) is 0 Å². The molecule has 2 aliphatic rings. The van der Waals surface area contributed by atoms with Crippen molar-refractivity contribution in [3.05, 3.63) is 47.2 Å². The third-order valence-corrected chi connectivity index (χ3v) is 4.53. The lowest BCUT2D eigenvalue weighted by atomic mass is 9.95. The van der Waals surface area contributed by atoms with Crippen LogP contribution < -0.4 is 5.32 Å². The molecule has 1 heterocycles. The van der Waals surface area contributed by atoms with Gasteiger partial charge in [0.2, 0.25) is 0 Å². The van der Waals surface area contributed by atoms with E-state index in [4.69, 9.17) is 4.99 Å². The Kier molecular flexibility index (Phi) is 4.74. The molecule has 112 valence electrons. The number of benzene rings is 1. The fourth-order valence-corrected chi connectivity index (χ4v) is 3.23. The lowest BCUT2D eigenvalue weighted by molar-refractivity contribution is 0.444. The first-order chi connectivity index (χ1) is 10.3. The highest BCUT2D eigenvalue weighted by atomic mass is 14.9. The van der Waals surface area contributed by atoms with Crippen LogP contribution >= 0.6 is 0 Å². The maximum atomic E-state index is 5.10. The van der Waals surface area contributed by atoms with Crippen LogP contribution in [0, 0.1) is 6.92 Å². The van der Waals surface area contributed by atoms with Crippen LogP contribution in [0.4, 0.5) is 0 Å². The SMILES string of the molecule is Cc1ccc(C(C=C2CCCN2)=NC2CCCCC2)cc1. The molecule has 0 spiro atoms. The normalized spacial score (nSPS) is 22.5. The van der Waals surface area contributed by atoms with E-state index in [0.29, 0.717) is 6.04 Å². The number of aliphatic imine (C=N–C) groups is 1. The minimum atomic E-state index is 0.522. The molecule has 1 aliphatic heterocycles. The zero-order valence-electron chi connectivity index (χ0n) is 13.1. The van der Waals surface area contributed by atoms with Crippen molar-refractivity contribution in [1.82, 2.24) is 5.32 Å². The van der Waals surface area contributed by atoms with Gasteiger partial charge in [-0.25, -0.2) is 0 Å². The standard InChI is InChI=1S/C19H26N2/c1-15-9-11-16(12-10-15)19(14-18-8-5-13-20-18)21-17-6-3-2-4-7-17/h9-12,14,17,20H,2-8,13H2,1H3. The van der Waals surface area contributed by atoms with Gasteiger partial charge in [0.25, 0.3) is 0 Å². The summed E-state index contributed by atoms with van der Waals surface area (Å²) in [4.78, 5) is 5.10. The van der Waals surface area contributed by atoms with Gasteiger partial charge >= 0.3 is 0 Å². The lowest BCUT2D eigenvalue weighted by Gasteiger charge is -2.19. The van der Waals surface area contributed by atoms with Crippen LogP contribution in [0.5, 0.6) is 0 Å². The number of nitrogens with zero attached hydrogens (tertiary/aromatic N) is 1. The third-order valence-electron chi connectivity index (χ3n) is 4.53. The first-order valence-electron chi connectivity index (χ1n) is 8.40. The summed E-state index contributed by atoms with van der Waals surface area (Å²) in [5.74, 6) is 0. The van der Waals surface area contributed by atoms with Gasteiger partial charge in [-0.1, -0.05) is 49.1 Å². The van der Waals surface area contributed by atoms with Crippen LogP contribution in [0.15, 0.2) is 41.0 Å². The van der Waals surface area contributed by atoms with Crippen molar-refractivity contribution >= 4 is 5.71 Å². The number of allylic oxidation sites excluding steroid dienone is 2. The zero-order valence-corrected chi connectivity index (χ0v) is 13.1. The maximum Gasteiger partial charge on any atom is 0.0667 e. The van der Waals surface area contributed by atoms with Gasteiger partial charge in [0, 0.05) is 12.2 Å². The molecule has 2 heteroatoms. The Morgan fingerprint density at radius 1 is 1.10 bits per heavy atom. The average Bonchev–Trinajstić information content (AvgIpc) is 3.01. The molecule has 1 aromatic carbocycles. The molecule has 0 aromatic heterocycles. The Bertz CT molecular complexity index is 511. The molecule has 0 radical (unpaired) electrons. The Balaban J connectivity index is 1.87. The predicted octanol–water partition coefficient (Wildman–Crippen LogP) is 4.38. The van der Waals surface area contributed by atoms with Crippen LogP contribution in [0.1, 0.15) is 56.1 Å². The van der Waals surface area contributed by atoms with Crippen molar-refractivity contribution in [1.29, 1.82) is 0 Å². The van der Waals surface area contributed by atoms with Crippen molar-refractivity contribution in [3.8, 4) is 0 Å². The first-order valence-corrected chi connectivity index (χ1v) is 8.40. The number of hydrogen-bond acceptors (Lipinski definition) is 2. The molecular weight excluding hydrogens is 256 g/mol. The molecule has 0 unspecified atom stereocenters. The first kappa shape index (κ1) is 14.4. The number of aryl methyl sites for hydroxylation is 1. The number of nitrogens with one attached hydrogen (secondary N) is 1. The van der Waals surface area contributed by atoms with E-state index in [2.05, 4.69) is 42.6 Å². The molecule has 0 bridgehead atoms. The fourth-order valence-electron chi connectivity index (χ4n) is 3.23. The van der Waals surface area contributed by atoms with Crippen molar-refractivity contribution in [2.45, 2.75) is 57.9 Å². The molecule has 1 aliphatic carbocycles. The lowest BCUT2D eigenvalue weighted by Crippen LogP contribution is -2.14. The van der Waals surface area contributed by atoms with Gasteiger partial charge in [-0.3, -0.25) is 4.99 Å². The van der Waals surface area contributed by atoms with E-state index in [0.717, 1.165) is 13.0 Å². The Hall–Kier alpha value is -1.57. The van der Waals surface area contributed by atoms with E-state index < -0.39 is 0 Å². The predicted molar refractivity (Wildman–Crippen MR) is 89.9 cm³/mol. The quantitative estimate of drug-likeness (QED) is 0.817. The highest BCUT2D eigenvalue weighted by Gasteiger charge is 2.14. The van der Waals surface area contributed by atoms with Crippen molar-refractivity contribution in [2.24, 2.45) is 4.99 Å². The summed E-state index contributed by atoms with van der Waals surface area (Å²) in [5, 5.41) is 3.49. The second-order valence-corrected chi connectivity index (χ2v) is 6.37. The summed E-state index contributed by atoms with van der Waals surface area (Å²) in [7, 11) is 0. The van der Waals surface area contributed by atoms with Gasteiger partial charge < -0.3 is 5.32 Å². The summed E-state index contributed by atoms with van der Waals surface area (Å²) < 4.78 is 0. The molecule has 0 amide bonds. The minimum Gasteiger partial charge on any atom is -0.388 e. The molecule has 3 rings (SSSR count). The van der Waals surface area contributed by atoms with E-state index in [1.807, 2.05) is 0 Å². The Morgan fingerprint density at radius 3 is 2.52 bits per heavy atom. The summed E-state index contributed by atoms with van der Waals surface area (Å²) in [6.07, 6.45) is 11.3. The summed E-state index contributed by atoms with van der Waals surface area (Å²) in [6, 6.07) is 9.32. The smallest absolute Gasteiger partial charge is 0.0667 e. The van der Waals surface area contributed by atoms with Gasteiger partial charge in [-0.05, 0) is 44.2 Å². The maximum absolute atomic E-state index is 5.10. The molecule has 2 nitrogen and oxygen atoms in total. The second kappa shape index (κ2) is 6.93. The minimum absolute atomic E-state index is 0.522. The van der Waals surface area contributed by atoms with Crippen LogP contribution in [0.2, 0.25) is 0 Å². The van der Waals surface area contributed by atoms with Gasteiger partial charge in [0.05, 0.1) is 11.8 Å². The average molecular weight is 282 g/mol. The van der Waals surface area contributed by atoms with E-state index >= 15 is 0 Å². The number of rotatable bonds is 3. The molecule has 1 saturated heterocycles. The van der Waals surface area contributed by atoms with Crippen LogP contribution in [-0.4, -0.2) is 18.3 Å². The second-order valence-electron chi connectivity index (χ2n) is 6.37. The van der Waals surface area contributed by atoms with Crippen molar-refractivity contribution < 1.29 is 0 Å². The summed E-state index contributed by atoms with van der Waals surface area (Å²) >= 11 is 0. The van der Waals surface area contributed by atoms with E-state index in [1.54, 1.807) is 0 Å². The molecule has 21 heavy (non-hydrogen) atoms. The Morgan fingerprint density at radius 2 is 1.86 bits per heavy atom.